The molecule has 1 aliphatic carbocycles. The number of nitrogens with zero attached hydrogens (tertiary/aromatic N) is 2. The molecule has 1 aromatic heterocycles. The van der Waals surface area contributed by atoms with E-state index in [4.69, 9.17) is 9.15 Å². The molecule has 36 heavy (non-hydrogen) atoms. The van der Waals surface area contributed by atoms with Crippen molar-refractivity contribution in [2.75, 3.05) is 17.2 Å². The molecule has 2 N–H and O–H groups in total. The average Bonchev–Trinajstić information content (AvgIpc) is 3.35. The molecule has 0 saturated heterocycles. The molecule has 3 aromatic rings. The molecule has 1 heterocycles. The van der Waals surface area contributed by atoms with Gasteiger partial charge in [-0.1, -0.05) is 24.2 Å². The molecule has 2 aromatic carbocycles. The predicted molar refractivity (Wildman–Crippen MR) is 129 cm³/mol. The highest BCUT2D eigenvalue weighted by Gasteiger charge is 2.30. The lowest BCUT2D eigenvalue weighted by molar-refractivity contribution is -0.149. The van der Waals surface area contributed by atoms with Crippen molar-refractivity contribution in [3.05, 3.63) is 65.6 Å². The molecule has 4 rings (SSSR count). The van der Waals surface area contributed by atoms with Gasteiger partial charge in [-0.05, 0) is 74.3 Å². The fourth-order valence-corrected chi connectivity index (χ4v) is 4.50. The van der Waals surface area contributed by atoms with Crippen LogP contribution in [0.25, 0.3) is 0 Å². The Morgan fingerprint density at radius 3 is 2.39 bits per heavy atom. The van der Waals surface area contributed by atoms with Crippen molar-refractivity contribution in [1.82, 2.24) is 10.2 Å². The van der Waals surface area contributed by atoms with Crippen LogP contribution in [-0.4, -0.2) is 28.7 Å². The summed E-state index contributed by atoms with van der Waals surface area (Å²) in [7, 11) is 0. The van der Waals surface area contributed by atoms with Crippen LogP contribution in [0.15, 0.2) is 46.9 Å². The molecular formula is C26H28F2N4O4. The smallest absolute Gasteiger partial charge is 0.320 e. The van der Waals surface area contributed by atoms with Crippen LogP contribution < -0.4 is 10.6 Å². The van der Waals surface area contributed by atoms with Gasteiger partial charge in [-0.2, -0.15) is 0 Å². The van der Waals surface area contributed by atoms with E-state index in [-0.39, 0.29) is 29.5 Å². The van der Waals surface area contributed by atoms with Gasteiger partial charge in [-0.15, -0.1) is 5.10 Å². The van der Waals surface area contributed by atoms with E-state index in [0.717, 1.165) is 37.8 Å². The summed E-state index contributed by atoms with van der Waals surface area (Å²) in [5.41, 5.74) is 1.96. The Kier molecular flexibility index (Phi) is 7.92. The number of rotatable bonds is 8. The minimum absolute atomic E-state index is 0.0826. The van der Waals surface area contributed by atoms with E-state index in [2.05, 4.69) is 20.8 Å². The number of benzene rings is 2. The van der Waals surface area contributed by atoms with Crippen molar-refractivity contribution in [2.24, 2.45) is 11.8 Å². The van der Waals surface area contributed by atoms with Crippen molar-refractivity contribution in [3.63, 3.8) is 0 Å². The topological polar surface area (TPSA) is 106 Å². The summed E-state index contributed by atoms with van der Waals surface area (Å²) in [6, 6.07) is 10.7. The van der Waals surface area contributed by atoms with Gasteiger partial charge in [0.2, 0.25) is 0 Å². The molecule has 0 bridgehead atoms. The Morgan fingerprint density at radius 1 is 1.03 bits per heavy atom. The minimum Gasteiger partial charge on any atom is -0.466 e. The van der Waals surface area contributed by atoms with Crippen molar-refractivity contribution < 1.29 is 27.5 Å². The SMILES string of the molecule is CCOC(=O)[C@H](C)C1CCC(c2ccc(NC(=O)c3nnc(Nc4ccc(F)c(F)c4)o3)cc2)CC1. The second kappa shape index (κ2) is 11.3. The van der Waals surface area contributed by atoms with Gasteiger partial charge >= 0.3 is 23.8 Å². The molecule has 1 fully saturated rings. The monoisotopic (exact) mass is 498 g/mol. The molecule has 8 nitrogen and oxygen atoms in total. The lowest BCUT2D eigenvalue weighted by atomic mass is 9.74. The van der Waals surface area contributed by atoms with Gasteiger partial charge in [-0.3, -0.25) is 9.59 Å². The lowest BCUT2D eigenvalue weighted by Gasteiger charge is -2.31. The first kappa shape index (κ1) is 25.3. The van der Waals surface area contributed by atoms with Gasteiger partial charge in [0.1, 0.15) is 0 Å². The highest BCUT2D eigenvalue weighted by atomic mass is 19.2. The summed E-state index contributed by atoms with van der Waals surface area (Å²) in [6.45, 7) is 4.18. The third kappa shape index (κ3) is 6.05. The summed E-state index contributed by atoms with van der Waals surface area (Å²) < 4.78 is 36.8. The van der Waals surface area contributed by atoms with Crippen molar-refractivity contribution in [1.29, 1.82) is 0 Å². The number of ether oxygens (including phenoxy) is 1. The van der Waals surface area contributed by atoms with E-state index in [9.17, 15) is 18.4 Å². The van der Waals surface area contributed by atoms with Gasteiger partial charge in [0.05, 0.1) is 12.5 Å². The molecule has 1 amide bonds. The van der Waals surface area contributed by atoms with Gasteiger partial charge in [0.15, 0.2) is 11.6 Å². The maximum absolute atomic E-state index is 13.3. The van der Waals surface area contributed by atoms with Crippen LogP contribution in [0.5, 0.6) is 0 Å². The number of halogens is 2. The van der Waals surface area contributed by atoms with Crippen LogP contribution in [0, 0.1) is 23.5 Å². The van der Waals surface area contributed by atoms with Crippen LogP contribution in [0.3, 0.4) is 0 Å². The first-order valence-corrected chi connectivity index (χ1v) is 12.0. The number of hydrogen-bond acceptors (Lipinski definition) is 7. The Hall–Kier alpha value is -3.82. The number of carbonyl (C=O) groups excluding carboxylic acids is 2. The van der Waals surface area contributed by atoms with Crippen molar-refractivity contribution >= 4 is 29.3 Å². The fraction of sp³-hybridized carbons (Fsp3) is 0.385. The summed E-state index contributed by atoms with van der Waals surface area (Å²) in [4.78, 5) is 24.5. The zero-order chi connectivity index (χ0) is 25.7. The van der Waals surface area contributed by atoms with Crippen LogP contribution in [0.1, 0.15) is 61.7 Å². The zero-order valence-corrected chi connectivity index (χ0v) is 20.1. The number of amides is 1. The van der Waals surface area contributed by atoms with E-state index in [1.54, 1.807) is 0 Å². The maximum Gasteiger partial charge on any atom is 0.320 e. The number of nitrogens with one attached hydrogen (secondary N) is 2. The highest BCUT2D eigenvalue weighted by molar-refractivity contribution is 6.00. The normalized spacial score (nSPS) is 18.3. The third-order valence-electron chi connectivity index (χ3n) is 6.57. The molecule has 0 unspecified atom stereocenters. The quantitative estimate of drug-likeness (QED) is 0.377. The molecule has 10 heteroatoms. The number of esters is 1. The van der Waals surface area contributed by atoms with Crippen molar-refractivity contribution in [3.8, 4) is 0 Å². The second-order valence-corrected chi connectivity index (χ2v) is 8.89. The van der Waals surface area contributed by atoms with Crippen molar-refractivity contribution in [2.45, 2.75) is 45.4 Å². The first-order chi connectivity index (χ1) is 17.3. The molecule has 190 valence electrons. The lowest BCUT2D eigenvalue weighted by Crippen LogP contribution is -2.26. The Balaban J connectivity index is 1.29. The summed E-state index contributed by atoms with van der Waals surface area (Å²) in [5, 5.41) is 12.7. The third-order valence-corrected chi connectivity index (χ3v) is 6.57. The molecule has 1 atom stereocenters. The van der Waals surface area contributed by atoms with E-state index < -0.39 is 17.5 Å². The molecule has 0 spiro atoms. The Bertz CT molecular complexity index is 1210. The van der Waals surface area contributed by atoms with E-state index in [1.165, 1.54) is 11.6 Å². The van der Waals surface area contributed by atoms with Crippen LogP contribution in [-0.2, 0) is 9.53 Å². The summed E-state index contributed by atoms with van der Waals surface area (Å²) in [6.07, 6.45) is 3.94. The predicted octanol–water partition coefficient (Wildman–Crippen LogP) is 5.82. The highest BCUT2D eigenvalue weighted by Crippen LogP contribution is 2.39. The van der Waals surface area contributed by atoms with Gasteiger partial charge in [0.25, 0.3) is 0 Å². The number of anilines is 3. The van der Waals surface area contributed by atoms with Gasteiger partial charge < -0.3 is 19.8 Å². The molecule has 0 aliphatic heterocycles. The van der Waals surface area contributed by atoms with E-state index in [0.29, 0.717) is 24.1 Å². The first-order valence-electron chi connectivity index (χ1n) is 12.0. The summed E-state index contributed by atoms with van der Waals surface area (Å²) >= 11 is 0. The number of aromatic nitrogens is 2. The maximum atomic E-state index is 13.3. The number of carbonyl (C=O) groups is 2. The second-order valence-electron chi connectivity index (χ2n) is 8.89. The largest absolute Gasteiger partial charge is 0.466 e. The fourth-order valence-electron chi connectivity index (χ4n) is 4.50. The zero-order valence-electron chi connectivity index (χ0n) is 20.1. The molecular weight excluding hydrogens is 470 g/mol. The molecule has 1 saturated carbocycles. The van der Waals surface area contributed by atoms with Crippen LogP contribution >= 0.6 is 0 Å². The van der Waals surface area contributed by atoms with Gasteiger partial charge in [0, 0.05) is 17.4 Å². The van der Waals surface area contributed by atoms with Gasteiger partial charge in [-0.25, -0.2) is 8.78 Å². The summed E-state index contributed by atoms with van der Waals surface area (Å²) in [5.74, 6) is -2.33. The Labute approximate surface area is 207 Å². The van der Waals surface area contributed by atoms with E-state index >= 15 is 0 Å². The standard InChI is InChI=1S/C26H28F2N4O4/c1-3-35-25(34)15(2)16-4-6-17(7-5-16)18-8-10-19(11-9-18)29-23(33)24-31-32-26(36-24)30-20-12-13-21(27)22(28)14-20/h8-17H,3-7H2,1-2H3,(H,29,33)(H,30,32)/t15-,16?,17?/m1/s1. The van der Waals surface area contributed by atoms with Crippen LogP contribution in [0.2, 0.25) is 0 Å². The molecule has 0 radical (unpaired) electrons. The van der Waals surface area contributed by atoms with E-state index in [1.807, 2.05) is 38.1 Å². The average molecular weight is 499 g/mol. The molecule has 1 aliphatic rings. The van der Waals surface area contributed by atoms with Crippen LogP contribution in [0.4, 0.5) is 26.2 Å². The Morgan fingerprint density at radius 2 is 1.72 bits per heavy atom. The minimum atomic E-state index is -1.03. The number of hydrogen-bond donors (Lipinski definition) is 2.